The highest BCUT2D eigenvalue weighted by atomic mass is 16.3. The third kappa shape index (κ3) is 1.80. The molecule has 0 spiro atoms. The van der Waals surface area contributed by atoms with E-state index in [4.69, 9.17) is 5.11 Å². The van der Waals surface area contributed by atoms with Crippen LogP contribution in [0.1, 0.15) is 12.5 Å². The van der Waals surface area contributed by atoms with Crippen molar-refractivity contribution >= 4 is 17.3 Å². The van der Waals surface area contributed by atoms with Crippen molar-refractivity contribution in [3.05, 3.63) is 23.8 Å². The Kier molecular flexibility index (Phi) is 2.60. The van der Waals surface area contributed by atoms with Crippen molar-refractivity contribution in [2.24, 2.45) is 0 Å². The molecule has 1 aromatic carbocycles. The summed E-state index contributed by atoms with van der Waals surface area (Å²) < 4.78 is 0. The second-order valence-corrected chi connectivity index (χ2v) is 3.57. The molecule has 2 rings (SSSR count). The van der Waals surface area contributed by atoms with Crippen molar-refractivity contribution < 1.29 is 9.90 Å². The lowest BCUT2D eigenvalue weighted by Gasteiger charge is -2.30. The fourth-order valence-corrected chi connectivity index (χ4v) is 1.79. The van der Waals surface area contributed by atoms with Gasteiger partial charge in [0.2, 0.25) is 5.91 Å². The molecule has 0 fully saturated rings. The summed E-state index contributed by atoms with van der Waals surface area (Å²) in [4.78, 5) is 13.4. The highest BCUT2D eigenvalue weighted by Gasteiger charge is 2.20. The summed E-state index contributed by atoms with van der Waals surface area (Å²) in [6.07, 6.45) is 0. The van der Waals surface area contributed by atoms with Crippen LogP contribution in [0.3, 0.4) is 0 Å². The Balaban J connectivity index is 2.41. The topological polar surface area (TPSA) is 52.6 Å². The first-order chi connectivity index (χ1) is 7.24. The SMILES string of the molecule is CCN1CC(=O)Nc2cc(CO)ccc21. The van der Waals surface area contributed by atoms with Gasteiger partial charge < -0.3 is 15.3 Å². The van der Waals surface area contributed by atoms with Gasteiger partial charge in [-0.3, -0.25) is 4.79 Å². The molecule has 0 aliphatic carbocycles. The maximum Gasteiger partial charge on any atom is 0.243 e. The van der Waals surface area contributed by atoms with E-state index in [0.717, 1.165) is 23.5 Å². The molecule has 4 nitrogen and oxygen atoms in total. The van der Waals surface area contributed by atoms with E-state index in [0.29, 0.717) is 6.54 Å². The lowest BCUT2D eigenvalue weighted by atomic mass is 10.1. The first-order valence-corrected chi connectivity index (χ1v) is 5.03. The van der Waals surface area contributed by atoms with Crippen LogP contribution in [-0.4, -0.2) is 24.1 Å². The van der Waals surface area contributed by atoms with Crippen LogP contribution in [0.15, 0.2) is 18.2 Å². The molecular weight excluding hydrogens is 192 g/mol. The number of carbonyl (C=O) groups excluding carboxylic acids is 1. The molecule has 0 bridgehead atoms. The molecule has 1 aliphatic heterocycles. The van der Waals surface area contributed by atoms with Gasteiger partial charge in [0.05, 0.1) is 24.5 Å². The number of anilines is 2. The highest BCUT2D eigenvalue weighted by Crippen LogP contribution is 2.29. The molecule has 1 aromatic rings. The molecule has 0 atom stereocenters. The number of benzene rings is 1. The monoisotopic (exact) mass is 206 g/mol. The van der Waals surface area contributed by atoms with Gasteiger partial charge in [-0.05, 0) is 24.6 Å². The molecule has 80 valence electrons. The molecule has 1 amide bonds. The van der Waals surface area contributed by atoms with E-state index in [1.54, 1.807) is 0 Å². The zero-order chi connectivity index (χ0) is 10.8. The van der Waals surface area contributed by atoms with Gasteiger partial charge in [-0.25, -0.2) is 0 Å². The number of nitrogens with one attached hydrogen (secondary N) is 1. The standard InChI is InChI=1S/C11H14N2O2/c1-2-13-6-11(15)12-9-5-8(7-14)3-4-10(9)13/h3-5,14H,2,6-7H2,1H3,(H,12,15). The van der Waals surface area contributed by atoms with Crippen LogP contribution in [0, 0.1) is 0 Å². The predicted octanol–water partition coefficient (Wildman–Crippen LogP) is 0.957. The zero-order valence-corrected chi connectivity index (χ0v) is 8.66. The number of amides is 1. The largest absolute Gasteiger partial charge is 0.392 e. The Morgan fingerprint density at radius 1 is 1.53 bits per heavy atom. The minimum absolute atomic E-state index is 0.000519. The molecule has 4 heteroatoms. The molecule has 1 aliphatic rings. The summed E-state index contributed by atoms with van der Waals surface area (Å²) >= 11 is 0. The highest BCUT2D eigenvalue weighted by molar-refractivity contribution is 6.01. The van der Waals surface area contributed by atoms with Gasteiger partial charge in [-0.1, -0.05) is 6.07 Å². The van der Waals surface area contributed by atoms with Crippen LogP contribution in [0.4, 0.5) is 11.4 Å². The maximum atomic E-state index is 11.4. The van der Waals surface area contributed by atoms with E-state index in [9.17, 15) is 4.79 Å². The van der Waals surface area contributed by atoms with Crippen molar-refractivity contribution in [2.45, 2.75) is 13.5 Å². The van der Waals surface area contributed by atoms with Gasteiger partial charge in [0.15, 0.2) is 0 Å². The number of rotatable bonds is 2. The fourth-order valence-electron chi connectivity index (χ4n) is 1.79. The van der Waals surface area contributed by atoms with Crippen LogP contribution in [-0.2, 0) is 11.4 Å². The summed E-state index contributed by atoms with van der Waals surface area (Å²) in [5, 5.41) is 11.8. The summed E-state index contributed by atoms with van der Waals surface area (Å²) in [5.41, 5.74) is 2.63. The fraction of sp³-hybridized carbons (Fsp3) is 0.364. The molecule has 0 aromatic heterocycles. The van der Waals surface area contributed by atoms with Gasteiger partial charge in [-0.15, -0.1) is 0 Å². The predicted molar refractivity (Wildman–Crippen MR) is 58.9 cm³/mol. The lowest BCUT2D eigenvalue weighted by molar-refractivity contribution is -0.115. The summed E-state index contributed by atoms with van der Waals surface area (Å²) in [7, 11) is 0. The van der Waals surface area contributed by atoms with Crippen LogP contribution >= 0.6 is 0 Å². The average Bonchev–Trinajstić information content (AvgIpc) is 2.26. The van der Waals surface area contributed by atoms with Crippen molar-refractivity contribution in [1.29, 1.82) is 0 Å². The second-order valence-electron chi connectivity index (χ2n) is 3.57. The number of fused-ring (bicyclic) bond motifs is 1. The minimum Gasteiger partial charge on any atom is -0.392 e. The Labute approximate surface area is 88.5 Å². The Hall–Kier alpha value is -1.55. The quantitative estimate of drug-likeness (QED) is 0.757. The number of nitrogens with zero attached hydrogens (tertiary/aromatic N) is 1. The van der Waals surface area contributed by atoms with E-state index in [2.05, 4.69) is 5.32 Å². The first kappa shape index (κ1) is 9.98. The minimum atomic E-state index is -0.00469. The van der Waals surface area contributed by atoms with Crippen molar-refractivity contribution in [3.63, 3.8) is 0 Å². The van der Waals surface area contributed by atoms with E-state index in [1.165, 1.54) is 0 Å². The number of carbonyl (C=O) groups is 1. The van der Waals surface area contributed by atoms with E-state index in [-0.39, 0.29) is 12.5 Å². The summed E-state index contributed by atoms with van der Waals surface area (Å²) in [5.74, 6) is -0.000519. The first-order valence-electron chi connectivity index (χ1n) is 5.03. The smallest absolute Gasteiger partial charge is 0.243 e. The lowest BCUT2D eigenvalue weighted by Crippen LogP contribution is -2.37. The number of likely N-dealkylation sites (N-methyl/N-ethyl adjacent to an activating group) is 1. The zero-order valence-electron chi connectivity index (χ0n) is 8.66. The van der Waals surface area contributed by atoms with Crippen LogP contribution < -0.4 is 10.2 Å². The van der Waals surface area contributed by atoms with Crippen molar-refractivity contribution in [2.75, 3.05) is 23.3 Å². The molecule has 1 heterocycles. The third-order valence-electron chi connectivity index (χ3n) is 2.57. The summed E-state index contributed by atoms with van der Waals surface area (Å²) in [6, 6.07) is 5.62. The summed E-state index contributed by atoms with van der Waals surface area (Å²) in [6.45, 7) is 3.22. The molecule has 15 heavy (non-hydrogen) atoms. The van der Waals surface area contributed by atoms with Gasteiger partial charge >= 0.3 is 0 Å². The molecule has 0 unspecified atom stereocenters. The number of aliphatic hydroxyl groups is 1. The third-order valence-corrected chi connectivity index (χ3v) is 2.57. The van der Waals surface area contributed by atoms with E-state index >= 15 is 0 Å². The number of aliphatic hydroxyl groups excluding tert-OH is 1. The van der Waals surface area contributed by atoms with E-state index in [1.807, 2.05) is 30.0 Å². The molecule has 2 N–H and O–H groups in total. The molecule has 0 radical (unpaired) electrons. The average molecular weight is 206 g/mol. The van der Waals surface area contributed by atoms with Gasteiger partial charge in [0.25, 0.3) is 0 Å². The van der Waals surface area contributed by atoms with Crippen LogP contribution in [0.2, 0.25) is 0 Å². The Morgan fingerprint density at radius 3 is 3.00 bits per heavy atom. The maximum absolute atomic E-state index is 11.4. The van der Waals surface area contributed by atoms with Gasteiger partial charge in [0, 0.05) is 6.54 Å². The number of hydrogen-bond acceptors (Lipinski definition) is 3. The van der Waals surface area contributed by atoms with Crippen LogP contribution in [0.5, 0.6) is 0 Å². The number of hydrogen-bond donors (Lipinski definition) is 2. The second kappa shape index (κ2) is 3.90. The Bertz CT molecular complexity index is 390. The van der Waals surface area contributed by atoms with E-state index < -0.39 is 0 Å². The van der Waals surface area contributed by atoms with Crippen LogP contribution in [0.25, 0.3) is 0 Å². The normalized spacial score (nSPS) is 14.8. The molecule has 0 saturated carbocycles. The Morgan fingerprint density at radius 2 is 2.33 bits per heavy atom. The molecule has 0 saturated heterocycles. The molecular formula is C11H14N2O2. The van der Waals surface area contributed by atoms with Gasteiger partial charge in [-0.2, -0.15) is 0 Å². The van der Waals surface area contributed by atoms with Gasteiger partial charge in [0.1, 0.15) is 0 Å². The van der Waals surface area contributed by atoms with Crippen molar-refractivity contribution in [3.8, 4) is 0 Å². The van der Waals surface area contributed by atoms with Crippen molar-refractivity contribution in [1.82, 2.24) is 0 Å².